The zero-order valence-electron chi connectivity index (χ0n) is 16.4. The molecule has 0 saturated carbocycles. The van der Waals surface area contributed by atoms with Crippen LogP contribution in [0.25, 0.3) is 10.9 Å². The molecule has 6 heteroatoms. The number of piperazine rings is 1. The summed E-state index contributed by atoms with van der Waals surface area (Å²) >= 11 is 0. The molecule has 0 radical (unpaired) electrons. The summed E-state index contributed by atoms with van der Waals surface area (Å²) in [5.41, 5.74) is 2.95. The average Bonchev–Trinajstić information content (AvgIpc) is 3.16. The molecule has 1 fully saturated rings. The third kappa shape index (κ3) is 4.01. The zero-order chi connectivity index (χ0) is 20.4. The number of carbonyl (C=O) groups is 2. The van der Waals surface area contributed by atoms with Gasteiger partial charge in [-0.25, -0.2) is 4.39 Å². The van der Waals surface area contributed by atoms with Crippen LogP contribution in [0.4, 0.5) is 4.39 Å². The van der Waals surface area contributed by atoms with Gasteiger partial charge in [0.25, 0.3) is 0 Å². The molecule has 1 aromatic heterocycles. The number of hydrogen-bond acceptors (Lipinski definition) is 2. The van der Waals surface area contributed by atoms with Crippen molar-refractivity contribution in [2.45, 2.75) is 19.3 Å². The van der Waals surface area contributed by atoms with Crippen LogP contribution in [0.1, 0.15) is 30.4 Å². The van der Waals surface area contributed by atoms with Gasteiger partial charge in [-0.2, -0.15) is 0 Å². The number of benzene rings is 2. The predicted octanol–water partition coefficient (Wildman–Crippen LogP) is 3.52. The van der Waals surface area contributed by atoms with Gasteiger partial charge in [-0.1, -0.05) is 30.3 Å². The Bertz CT molecular complexity index is 1020. The minimum absolute atomic E-state index is 0.0417. The van der Waals surface area contributed by atoms with Crippen LogP contribution in [0.5, 0.6) is 0 Å². The Morgan fingerprint density at radius 3 is 2.34 bits per heavy atom. The average molecular weight is 393 g/mol. The van der Waals surface area contributed by atoms with Crippen LogP contribution in [0, 0.1) is 5.82 Å². The molecule has 5 nitrogen and oxygen atoms in total. The van der Waals surface area contributed by atoms with E-state index in [1.165, 1.54) is 12.1 Å². The van der Waals surface area contributed by atoms with E-state index in [0.717, 1.165) is 22.0 Å². The van der Waals surface area contributed by atoms with Crippen molar-refractivity contribution in [1.82, 2.24) is 14.8 Å². The lowest BCUT2D eigenvalue weighted by molar-refractivity contribution is -0.138. The first kappa shape index (κ1) is 19.2. The van der Waals surface area contributed by atoms with Crippen molar-refractivity contribution < 1.29 is 14.0 Å². The van der Waals surface area contributed by atoms with Crippen molar-refractivity contribution in [2.75, 3.05) is 26.2 Å². The number of aromatic amines is 1. The number of rotatable bonds is 4. The molecule has 2 heterocycles. The fraction of sp³-hybridized carbons (Fsp3) is 0.304. The van der Waals surface area contributed by atoms with Crippen molar-refractivity contribution in [2.24, 2.45) is 0 Å². The lowest BCUT2D eigenvalue weighted by atomic mass is 9.87. The number of carbonyl (C=O) groups excluding carboxylic acids is 2. The Kier molecular flexibility index (Phi) is 5.34. The molecule has 0 spiro atoms. The third-order valence-corrected chi connectivity index (χ3v) is 5.73. The summed E-state index contributed by atoms with van der Waals surface area (Å²) in [5, 5.41) is 1.07. The van der Waals surface area contributed by atoms with Gasteiger partial charge in [0.1, 0.15) is 5.82 Å². The van der Waals surface area contributed by atoms with Gasteiger partial charge in [-0.15, -0.1) is 0 Å². The predicted molar refractivity (Wildman–Crippen MR) is 110 cm³/mol. The minimum atomic E-state index is -0.293. The first-order chi connectivity index (χ1) is 14.0. The van der Waals surface area contributed by atoms with Crippen molar-refractivity contribution in [3.05, 3.63) is 71.7 Å². The summed E-state index contributed by atoms with van der Waals surface area (Å²) in [4.78, 5) is 31.5. The van der Waals surface area contributed by atoms with Crippen LogP contribution in [0.2, 0.25) is 0 Å². The number of fused-ring (bicyclic) bond motifs is 1. The first-order valence-electron chi connectivity index (χ1n) is 9.87. The van der Waals surface area contributed by atoms with Gasteiger partial charge in [-0.3, -0.25) is 9.59 Å². The van der Waals surface area contributed by atoms with Gasteiger partial charge in [0, 0.05) is 62.5 Å². The van der Waals surface area contributed by atoms with E-state index in [1.54, 1.807) is 24.0 Å². The van der Waals surface area contributed by atoms with Crippen LogP contribution in [0.3, 0.4) is 0 Å². The van der Waals surface area contributed by atoms with Gasteiger partial charge in [-0.05, 0) is 29.3 Å². The minimum Gasteiger partial charge on any atom is -0.361 e. The van der Waals surface area contributed by atoms with E-state index in [0.29, 0.717) is 32.6 Å². The second-order valence-corrected chi connectivity index (χ2v) is 7.48. The highest BCUT2D eigenvalue weighted by Gasteiger charge is 2.27. The third-order valence-electron chi connectivity index (χ3n) is 5.73. The summed E-state index contributed by atoms with van der Waals surface area (Å²) < 4.78 is 13.5. The summed E-state index contributed by atoms with van der Waals surface area (Å²) in [6.45, 7) is 3.77. The molecule has 1 unspecified atom stereocenters. The number of nitrogens with one attached hydrogen (secondary N) is 1. The van der Waals surface area contributed by atoms with Crippen LogP contribution < -0.4 is 0 Å². The smallest absolute Gasteiger partial charge is 0.223 e. The molecular formula is C23H24FN3O2. The molecule has 1 aliphatic rings. The molecule has 1 saturated heterocycles. The highest BCUT2D eigenvalue weighted by molar-refractivity contribution is 5.86. The SMILES string of the molecule is CC(=O)N1CCN(C(=O)CC(c2ccc(F)cc2)c2c[nH]c3ccccc23)CC1. The summed E-state index contributed by atoms with van der Waals surface area (Å²) in [5.74, 6) is -0.379. The van der Waals surface area contributed by atoms with Gasteiger partial charge in [0.15, 0.2) is 0 Å². The number of halogens is 1. The molecule has 1 atom stereocenters. The molecule has 0 bridgehead atoms. The van der Waals surface area contributed by atoms with Crippen LogP contribution in [-0.2, 0) is 9.59 Å². The Morgan fingerprint density at radius 1 is 1.00 bits per heavy atom. The first-order valence-corrected chi connectivity index (χ1v) is 9.87. The van der Waals surface area contributed by atoms with Gasteiger partial charge < -0.3 is 14.8 Å². The maximum absolute atomic E-state index is 13.5. The fourth-order valence-electron chi connectivity index (χ4n) is 4.06. The fourth-order valence-corrected chi connectivity index (χ4v) is 4.06. The lowest BCUT2D eigenvalue weighted by Crippen LogP contribution is -2.50. The Balaban J connectivity index is 1.60. The van der Waals surface area contributed by atoms with E-state index in [2.05, 4.69) is 4.98 Å². The van der Waals surface area contributed by atoms with E-state index in [-0.39, 0.29) is 23.5 Å². The van der Waals surface area contributed by atoms with E-state index in [4.69, 9.17) is 0 Å². The summed E-state index contributed by atoms with van der Waals surface area (Å²) in [7, 11) is 0. The summed E-state index contributed by atoms with van der Waals surface area (Å²) in [6.07, 6.45) is 2.24. The largest absolute Gasteiger partial charge is 0.361 e. The van der Waals surface area contributed by atoms with Crippen LogP contribution >= 0.6 is 0 Å². The highest BCUT2D eigenvalue weighted by atomic mass is 19.1. The maximum atomic E-state index is 13.5. The number of amides is 2. The second-order valence-electron chi connectivity index (χ2n) is 7.48. The molecule has 0 aliphatic carbocycles. The monoisotopic (exact) mass is 393 g/mol. The van der Waals surface area contributed by atoms with E-state index in [9.17, 15) is 14.0 Å². The van der Waals surface area contributed by atoms with Gasteiger partial charge in [0.2, 0.25) is 11.8 Å². The number of H-pyrrole nitrogens is 1. The second kappa shape index (κ2) is 8.07. The van der Waals surface area contributed by atoms with Crippen LogP contribution in [-0.4, -0.2) is 52.8 Å². The number of nitrogens with zero attached hydrogens (tertiary/aromatic N) is 2. The zero-order valence-corrected chi connectivity index (χ0v) is 16.4. The highest BCUT2D eigenvalue weighted by Crippen LogP contribution is 2.34. The molecule has 4 rings (SSSR count). The topological polar surface area (TPSA) is 56.4 Å². The molecule has 3 aromatic rings. The molecular weight excluding hydrogens is 369 g/mol. The molecule has 1 aliphatic heterocycles. The van der Waals surface area contributed by atoms with Gasteiger partial charge >= 0.3 is 0 Å². The van der Waals surface area contributed by atoms with Crippen molar-refractivity contribution in [1.29, 1.82) is 0 Å². The Morgan fingerprint density at radius 2 is 1.66 bits per heavy atom. The standard InChI is InChI=1S/C23H24FN3O2/c1-16(28)26-10-12-27(13-11-26)23(29)14-20(17-6-8-18(24)9-7-17)21-15-25-22-5-3-2-4-19(21)22/h2-9,15,20,25H,10-14H2,1H3. The summed E-state index contributed by atoms with van der Waals surface area (Å²) in [6, 6.07) is 14.4. The number of para-hydroxylation sites is 1. The van der Waals surface area contributed by atoms with E-state index < -0.39 is 0 Å². The molecule has 1 N–H and O–H groups in total. The van der Waals surface area contributed by atoms with Crippen molar-refractivity contribution >= 4 is 22.7 Å². The molecule has 29 heavy (non-hydrogen) atoms. The quantitative estimate of drug-likeness (QED) is 0.737. The number of aromatic nitrogens is 1. The molecule has 2 aromatic carbocycles. The lowest BCUT2D eigenvalue weighted by Gasteiger charge is -2.35. The van der Waals surface area contributed by atoms with Crippen molar-refractivity contribution in [3.63, 3.8) is 0 Å². The maximum Gasteiger partial charge on any atom is 0.223 e. The van der Waals surface area contributed by atoms with E-state index in [1.807, 2.05) is 35.4 Å². The van der Waals surface area contributed by atoms with Crippen LogP contribution in [0.15, 0.2) is 54.7 Å². The Hall–Kier alpha value is -3.15. The molecule has 2 amide bonds. The van der Waals surface area contributed by atoms with E-state index >= 15 is 0 Å². The normalized spacial score (nSPS) is 15.5. The van der Waals surface area contributed by atoms with Gasteiger partial charge in [0.05, 0.1) is 0 Å². The molecule has 150 valence electrons. The Labute approximate surface area is 169 Å². The number of hydrogen-bond donors (Lipinski definition) is 1. The van der Waals surface area contributed by atoms with Crippen molar-refractivity contribution in [3.8, 4) is 0 Å².